The third-order valence-electron chi connectivity index (χ3n) is 5.18. The number of ether oxygens (including phenoxy) is 1. The van der Waals surface area contributed by atoms with Crippen LogP contribution in [0.4, 0.5) is 0 Å². The van der Waals surface area contributed by atoms with Gasteiger partial charge in [-0.25, -0.2) is 0 Å². The topological polar surface area (TPSA) is 32.7 Å². The molecule has 0 bridgehead atoms. The molecular weight excluding hydrogens is 322 g/mol. The van der Waals surface area contributed by atoms with Gasteiger partial charge in [-0.1, -0.05) is 23.7 Å². The molecule has 2 aliphatic rings. The zero-order valence-corrected chi connectivity index (χ0v) is 14.6. The van der Waals surface area contributed by atoms with Gasteiger partial charge in [-0.15, -0.1) is 0 Å². The Labute approximate surface area is 147 Å². The molecule has 0 amide bonds. The molecule has 0 aromatic heterocycles. The summed E-state index contributed by atoms with van der Waals surface area (Å²) in [6.07, 6.45) is 3.13. The van der Waals surface area contributed by atoms with Crippen LogP contribution in [0.25, 0.3) is 0 Å². The standard InChI is InChI=1S/C20H22ClNO2/c1-22-7-6-15-9-18(21)19(23)11-16(15)17(12-22)14-5-4-13-3-2-8-24-20(13)10-14/h4-5,9-11,17,23H,2-3,6-8,12H2,1H3. The molecule has 24 heavy (non-hydrogen) atoms. The molecule has 0 aliphatic carbocycles. The van der Waals surface area contributed by atoms with Gasteiger partial charge in [0.2, 0.25) is 0 Å². The molecule has 0 saturated carbocycles. The lowest BCUT2D eigenvalue weighted by Crippen LogP contribution is -2.24. The Kier molecular flexibility index (Phi) is 4.15. The average Bonchev–Trinajstić information content (AvgIpc) is 2.75. The monoisotopic (exact) mass is 343 g/mol. The van der Waals surface area contributed by atoms with Crippen LogP contribution in [0.3, 0.4) is 0 Å². The number of hydrogen-bond acceptors (Lipinski definition) is 3. The molecule has 2 heterocycles. The van der Waals surface area contributed by atoms with E-state index in [-0.39, 0.29) is 11.7 Å². The lowest BCUT2D eigenvalue weighted by Gasteiger charge is -2.24. The summed E-state index contributed by atoms with van der Waals surface area (Å²) in [5.41, 5.74) is 4.95. The number of fused-ring (bicyclic) bond motifs is 2. The molecule has 2 aliphatic heterocycles. The van der Waals surface area contributed by atoms with E-state index in [1.165, 1.54) is 22.3 Å². The molecule has 3 nitrogen and oxygen atoms in total. The van der Waals surface area contributed by atoms with Crippen molar-refractivity contribution in [3.8, 4) is 11.5 Å². The van der Waals surface area contributed by atoms with Gasteiger partial charge in [0.05, 0.1) is 11.6 Å². The van der Waals surface area contributed by atoms with Crippen LogP contribution in [0.15, 0.2) is 30.3 Å². The predicted molar refractivity (Wildman–Crippen MR) is 96.4 cm³/mol. The maximum atomic E-state index is 10.1. The minimum atomic E-state index is 0.166. The van der Waals surface area contributed by atoms with E-state index >= 15 is 0 Å². The van der Waals surface area contributed by atoms with Crippen molar-refractivity contribution in [2.45, 2.75) is 25.2 Å². The van der Waals surface area contributed by atoms with E-state index in [4.69, 9.17) is 16.3 Å². The molecular formula is C20H22ClNO2. The van der Waals surface area contributed by atoms with Crippen LogP contribution in [0.1, 0.15) is 34.6 Å². The maximum Gasteiger partial charge on any atom is 0.134 e. The van der Waals surface area contributed by atoms with Crippen LogP contribution in [0.2, 0.25) is 5.02 Å². The highest BCUT2D eigenvalue weighted by Gasteiger charge is 2.25. The number of aryl methyl sites for hydroxylation is 1. The predicted octanol–water partition coefficient (Wildman–Crippen LogP) is 3.99. The molecule has 2 aromatic rings. The van der Waals surface area contributed by atoms with Gasteiger partial charge in [-0.05, 0) is 66.8 Å². The highest BCUT2D eigenvalue weighted by molar-refractivity contribution is 6.32. The van der Waals surface area contributed by atoms with Crippen molar-refractivity contribution >= 4 is 11.6 Å². The zero-order chi connectivity index (χ0) is 16.7. The van der Waals surface area contributed by atoms with Gasteiger partial charge in [0, 0.05) is 19.0 Å². The van der Waals surface area contributed by atoms with Crippen LogP contribution in [-0.4, -0.2) is 36.8 Å². The van der Waals surface area contributed by atoms with E-state index in [0.29, 0.717) is 5.02 Å². The smallest absolute Gasteiger partial charge is 0.134 e. The molecule has 1 N–H and O–H groups in total. The van der Waals surface area contributed by atoms with E-state index in [1.54, 1.807) is 0 Å². The fourth-order valence-electron chi connectivity index (χ4n) is 3.83. The van der Waals surface area contributed by atoms with Crippen molar-refractivity contribution in [3.63, 3.8) is 0 Å². The minimum absolute atomic E-state index is 0.166. The van der Waals surface area contributed by atoms with Crippen molar-refractivity contribution in [1.82, 2.24) is 4.90 Å². The Morgan fingerprint density at radius 2 is 2.04 bits per heavy atom. The molecule has 4 rings (SSSR count). The Balaban J connectivity index is 1.80. The summed E-state index contributed by atoms with van der Waals surface area (Å²) < 4.78 is 5.86. The summed E-state index contributed by atoms with van der Waals surface area (Å²) in [6.45, 7) is 2.72. The number of aromatic hydroxyl groups is 1. The van der Waals surface area contributed by atoms with E-state index < -0.39 is 0 Å². The van der Waals surface area contributed by atoms with Gasteiger partial charge in [0.25, 0.3) is 0 Å². The van der Waals surface area contributed by atoms with Crippen LogP contribution in [0.5, 0.6) is 11.5 Å². The molecule has 0 saturated heterocycles. The van der Waals surface area contributed by atoms with Crippen molar-refractivity contribution in [2.24, 2.45) is 0 Å². The number of benzene rings is 2. The highest BCUT2D eigenvalue weighted by atomic mass is 35.5. The first-order chi connectivity index (χ1) is 11.6. The summed E-state index contributed by atoms with van der Waals surface area (Å²) in [4.78, 5) is 2.34. The van der Waals surface area contributed by atoms with Crippen LogP contribution >= 0.6 is 11.6 Å². The van der Waals surface area contributed by atoms with Gasteiger partial charge >= 0.3 is 0 Å². The first-order valence-electron chi connectivity index (χ1n) is 8.57. The molecule has 0 fully saturated rings. The summed E-state index contributed by atoms with van der Waals surface area (Å²) >= 11 is 6.14. The lowest BCUT2D eigenvalue weighted by atomic mass is 9.87. The highest BCUT2D eigenvalue weighted by Crippen LogP contribution is 2.38. The second-order valence-electron chi connectivity index (χ2n) is 6.89. The average molecular weight is 344 g/mol. The van der Waals surface area contributed by atoms with Gasteiger partial charge in [-0.2, -0.15) is 0 Å². The lowest BCUT2D eigenvalue weighted by molar-refractivity contribution is 0.287. The Bertz CT molecular complexity index is 774. The molecule has 1 atom stereocenters. The summed E-state index contributed by atoms with van der Waals surface area (Å²) in [5.74, 6) is 1.40. The largest absolute Gasteiger partial charge is 0.506 e. The first kappa shape index (κ1) is 15.8. The number of nitrogens with zero attached hydrogens (tertiary/aromatic N) is 1. The second-order valence-corrected chi connectivity index (χ2v) is 7.29. The zero-order valence-electron chi connectivity index (χ0n) is 13.9. The summed E-state index contributed by atoms with van der Waals surface area (Å²) in [7, 11) is 2.15. The van der Waals surface area contributed by atoms with Gasteiger partial charge in [-0.3, -0.25) is 0 Å². The SMILES string of the molecule is CN1CCc2cc(Cl)c(O)cc2C(c2ccc3c(c2)OCCC3)C1. The summed E-state index contributed by atoms with van der Waals surface area (Å²) in [5, 5.41) is 10.6. The molecule has 126 valence electrons. The molecule has 1 unspecified atom stereocenters. The van der Waals surface area contributed by atoms with Gasteiger partial charge in [0.15, 0.2) is 0 Å². The van der Waals surface area contributed by atoms with Gasteiger partial charge in [0.1, 0.15) is 11.5 Å². The fraction of sp³-hybridized carbons (Fsp3) is 0.400. The third kappa shape index (κ3) is 2.87. The molecule has 4 heteroatoms. The molecule has 0 spiro atoms. The van der Waals surface area contributed by atoms with Crippen LogP contribution in [-0.2, 0) is 12.8 Å². The molecule has 0 radical (unpaired) electrons. The van der Waals surface area contributed by atoms with Crippen LogP contribution < -0.4 is 4.74 Å². The molecule has 2 aromatic carbocycles. The van der Waals surface area contributed by atoms with Crippen molar-refractivity contribution in [2.75, 3.05) is 26.7 Å². The number of halogens is 1. The van der Waals surface area contributed by atoms with Crippen molar-refractivity contribution in [1.29, 1.82) is 0 Å². The Morgan fingerprint density at radius 3 is 2.92 bits per heavy atom. The van der Waals surface area contributed by atoms with Gasteiger partial charge < -0.3 is 14.7 Å². The first-order valence-corrected chi connectivity index (χ1v) is 8.95. The number of likely N-dealkylation sites (N-methyl/N-ethyl adjacent to an activating group) is 1. The normalized spacial score (nSPS) is 20.7. The number of hydrogen-bond donors (Lipinski definition) is 1. The van der Waals surface area contributed by atoms with E-state index in [2.05, 4.69) is 30.1 Å². The fourth-order valence-corrected chi connectivity index (χ4v) is 4.02. The minimum Gasteiger partial charge on any atom is -0.506 e. The van der Waals surface area contributed by atoms with Crippen LogP contribution in [0, 0.1) is 0 Å². The summed E-state index contributed by atoms with van der Waals surface area (Å²) in [6, 6.07) is 10.4. The van der Waals surface area contributed by atoms with E-state index in [1.807, 2.05) is 12.1 Å². The van der Waals surface area contributed by atoms with E-state index in [0.717, 1.165) is 44.7 Å². The number of rotatable bonds is 1. The van der Waals surface area contributed by atoms with Crippen molar-refractivity contribution in [3.05, 3.63) is 57.6 Å². The second kappa shape index (κ2) is 6.30. The number of phenolic OH excluding ortho intramolecular Hbond substituents is 1. The number of phenols is 1. The third-order valence-corrected chi connectivity index (χ3v) is 5.49. The maximum absolute atomic E-state index is 10.1. The quantitative estimate of drug-likeness (QED) is 0.849. The Hall–Kier alpha value is -1.71. The van der Waals surface area contributed by atoms with E-state index in [9.17, 15) is 5.11 Å². The Morgan fingerprint density at radius 1 is 1.17 bits per heavy atom. The van der Waals surface area contributed by atoms with Crippen molar-refractivity contribution < 1.29 is 9.84 Å².